The standard InChI is InChI=1S/C18H28BrNO/c1-3-21-16-7-6-15(17(19)14-16)8-11-18(12-13-20-2)9-4-5-10-18/h6-7,14,20H,3-5,8-13H2,1-2H3. The zero-order valence-corrected chi connectivity index (χ0v) is 15.0. The maximum atomic E-state index is 5.55. The molecule has 0 saturated heterocycles. The highest BCUT2D eigenvalue weighted by atomic mass is 79.9. The molecule has 1 saturated carbocycles. The first-order valence-electron chi connectivity index (χ1n) is 8.25. The van der Waals surface area contributed by atoms with Crippen molar-refractivity contribution in [2.45, 2.75) is 51.9 Å². The van der Waals surface area contributed by atoms with E-state index in [2.05, 4.69) is 46.5 Å². The molecule has 0 heterocycles. The fourth-order valence-electron chi connectivity index (χ4n) is 3.53. The Bertz CT molecular complexity index is 441. The monoisotopic (exact) mass is 353 g/mol. The second-order valence-electron chi connectivity index (χ2n) is 6.25. The van der Waals surface area contributed by atoms with Crippen molar-refractivity contribution in [1.29, 1.82) is 0 Å². The van der Waals surface area contributed by atoms with Crippen LogP contribution in [0.5, 0.6) is 5.75 Å². The molecule has 2 rings (SSSR count). The molecule has 0 bridgehead atoms. The summed E-state index contributed by atoms with van der Waals surface area (Å²) in [6.07, 6.45) is 9.42. The molecule has 1 aromatic rings. The second kappa shape index (κ2) is 8.19. The Morgan fingerprint density at radius 3 is 2.62 bits per heavy atom. The second-order valence-corrected chi connectivity index (χ2v) is 7.10. The summed E-state index contributed by atoms with van der Waals surface area (Å²) in [4.78, 5) is 0. The topological polar surface area (TPSA) is 21.3 Å². The molecule has 118 valence electrons. The van der Waals surface area contributed by atoms with Crippen molar-refractivity contribution in [3.05, 3.63) is 28.2 Å². The molecule has 1 aliphatic carbocycles. The molecular formula is C18H28BrNO. The van der Waals surface area contributed by atoms with Crippen molar-refractivity contribution in [3.8, 4) is 5.75 Å². The van der Waals surface area contributed by atoms with Crippen LogP contribution in [0.3, 0.4) is 0 Å². The van der Waals surface area contributed by atoms with Gasteiger partial charge in [-0.2, -0.15) is 0 Å². The van der Waals surface area contributed by atoms with Crippen LogP contribution >= 0.6 is 15.9 Å². The van der Waals surface area contributed by atoms with Gasteiger partial charge in [0, 0.05) is 4.47 Å². The number of benzene rings is 1. The first-order chi connectivity index (χ1) is 10.2. The summed E-state index contributed by atoms with van der Waals surface area (Å²) in [7, 11) is 2.06. The van der Waals surface area contributed by atoms with E-state index >= 15 is 0 Å². The van der Waals surface area contributed by atoms with Gasteiger partial charge in [-0.05, 0) is 75.7 Å². The van der Waals surface area contributed by atoms with Crippen LogP contribution in [0, 0.1) is 5.41 Å². The van der Waals surface area contributed by atoms with E-state index in [9.17, 15) is 0 Å². The van der Waals surface area contributed by atoms with Crippen molar-refractivity contribution in [2.75, 3.05) is 20.2 Å². The Labute approximate surface area is 137 Å². The highest BCUT2D eigenvalue weighted by Crippen LogP contribution is 2.45. The van der Waals surface area contributed by atoms with Crippen LogP contribution in [0.25, 0.3) is 0 Å². The molecule has 0 amide bonds. The van der Waals surface area contributed by atoms with Crippen molar-refractivity contribution < 1.29 is 4.74 Å². The molecule has 0 atom stereocenters. The highest BCUT2D eigenvalue weighted by molar-refractivity contribution is 9.10. The quantitative estimate of drug-likeness (QED) is 0.713. The highest BCUT2D eigenvalue weighted by Gasteiger charge is 2.32. The first-order valence-corrected chi connectivity index (χ1v) is 9.04. The summed E-state index contributed by atoms with van der Waals surface area (Å²) in [5.74, 6) is 0.957. The molecule has 1 aromatic carbocycles. The normalized spacial score (nSPS) is 17.1. The summed E-state index contributed by atoms with van der Waals surface area (Å²) < 4.78 is 6.74. The number of hydrogen-bond donors (Lipinski definition) is 1. The van der Waals surface area contributed by atoms with Crippen LogP contribution in [-0.2, 0) is 6.42 Å². The number of aryl methyl sites for hydroxylation is 1. The summed E-state index contributed by atoms with van der Waals surface area (Å²) in [6.45, 7) is 3.89. The Morgan fingerprint density at radius 1 is 1.24 bits per heavy atom. The van der Waals surface area contributed by atoms with Gasteiger partial charge in [0.05, 0.1) is 6.61 Å². The average Bonchev–Trinajstić information content (AvgIpc) is 2.94. The van der Waals surface area contributed by atoms with Crippen LogP contribution in [0.2, 0.25) is 0 Å². The zero-order chi connectivity index (χ0) is 15.1. The van der Waals surface area contributed by atoms with Crippen LogP contribution in [0.15, 0.2) is 22.7 Å². The van der Waals surface area contributed by atoms with Gasteiger partial charge in [-0.15, -0.1) is 0 Å². The predicted molar refractivity (Wildman–Crippen MR) is 93.1 cm³/mol. The van der Waals surface area contributed by atoms with E-state index in [1.165, 1.54) is 48.6 Å². The number of halogens is 1. The number of nitrogens with one attached hydrogen (secondary N) is 1. The van der Waals surface area contributed by atoms with Crippen LogP contribution in [-0.4, -0.2) is 20.2 Å². The molecule has 0 unspecified atom stereocenters. The van der Waals surface area contributed by atoms with E-state index in [1.807, 2.05) is 6.92 Å². The average molecular weight is 354 g/mol. The van der Waals surface area contributed by atoms with E-state index in [-0.39, 0.29) is 0 Å². The van der Waals surface area contributed by atoms with Gasteiger partial charge < -0.3 is 10.1 Å². The Morgan fingerprint density at radius 2 is 2.00 bits per heavy atom. The molecule has 2 nitrogen and oxygen atoms in total. The van der Waals surface area contributed by atoms with Gasteiger partial charge in [0.15, 0.2) is 0 Å². The number of hydrogen-bond acceptors (Lipinski definition) is 2. The lowest BCUT2D eigenvalue weighted by Crippen LogP contribution is -2.23. The molecule has 1 aliphatic rings. The van der Waals surface area contributed by atoms with E-state index in [0.717, 1.165) is 25.3 Å². The van der Waals surface area contributed by atoms with E-state index in [0.29, 0.717) is 5.41 Å². The zero-order valence-electron chi connectivity index (χ0n) is 13.4. The third-order valence-electron chi connectivity index (χ3n) is 4.83. The van der Waals surface area contributed by atoms with Crippen LogP contribution < -0.4 is 10.1 Å². The molecule has 21 heavy (non-hydrogen) atoms. The fraction of sp³-hybridized carbons (Fsp3) is 0.667. The van der Waals surface area contributed by atoms with Gasteiger partial charge in [0.1, 0.15) is 5.75 Å². The molecular weight excluding hydrogens is 326 g/mol. The number of ether oxygens (including phenoxy) is 1. The molecule has 0 spiro atoms. The van der Waals surface area contributed by atoms with Crippen LogP contribution in [0.1, 0.15) is 51.0 Å². The Hall–Kier alpha value is -0.540. The summed E-state index contributed by atoms with van der Waals surface area (Å²) in [5, 5.41) is 3.32. The van der Waals surface area contributed by atoms with Gasteiger partial charge in [0.25, 0.3) is 0 Å². The predicted octanol–water partition coefficient (Wildman–Crippen LogP) is 4.95. The van der Waals surface area contributed by atoms with Gasteiger partial charge in [-0.1, -0.05) is 34.8 Å². The van der Waals surface area contributed by atoms with Crippen molar-refractivity contribution in [2.24, 2.45) is 5.41 Å². The number of rotatable bonds is 8. The summed E-state index contributed by atoms with van der Waals surface area (Å²) in [5.41, 5.74) is 1.98. The maximum Gasteiger partial charge on any atom is 0.120 e. The first kappa shape index (κ1) is 16.8. The van der Waals surface area contributed by atoms with E-state index < -0.39 is 0 Å². The smallest absolute Gasteiger partial charge is 0.120 e. The van der Waals surface area contributed by atoms with Crippen LogP contribution in [0.4, 0.5) is 0 Å². The summed E-state index contributed by atoms with van der Waals surface area (Å²) in [6, 6.07) is 6.42. The van der Waals surface area contributed by atoms with Gasteiger partial charge >= 0.3 is 0 Å². The molecule has 1 fully saturated rings. The van der Waals surface area contributed by atoms with E-state index in [1.54, 1.807) is 0 Å². The minimum absolute atomic E-state index is 0.570. The van der Waals surface area contributed by atoms with Gasteiger partial charge in [0.2, 0.25) is 0 Å². The lowest BCUT2D eigenvalue weighted by Gasteiger charge is -2.29. The van der Waals surface area contributed by atoms with Crippen molar-refractivity contribution >= 4 is 15.9 Å². The lowest BCUT2D eigenvalue weighted by atomic mass is 9.77. The summed E-state index contributed by atoms with van der Waals surface area (Å²) >= 11 is 3.70. The van der Waals surface area contributed by atoms with Crippen molar-refractivity contribution in [1.82, 2.24) is 5.32 Å². The Balaban J connectivity index is 1.97. The SMILES string of the molecule is CCOc1ccc(CCC2(CCNC)CCCC2)c(Br)c1. The van der Waals surface area contributed by atoms with Gasteiger partial charge in [-0.25, -0.2) is 0 Å². The van der Waals surface area contributed by atoms with E-state index in [4.69, 9.17) is 4.74 Å². The molecule has 3 heteroatoms. The lowest BCUT2D eigenvalue weighted by molar-refractivity contribution is 0.247. The molecule has 0 aliphatic heterocycles. The molecule has 1 N–H and O–H groups in total. The third-order valence-corrected chi connectivity index (χ3v) is 5.57. The molecule has 0 radical (unpaired) electrons. The third kappa shape index (κ3) is 4.72. The maximum absolute atomic E-state index is 5.55. The molecule has 0 aromatic heterocycles. The largest absolute Gasteiger partial charge is 0.494 e. The van der Waals surface area contributed by atoms with Crippen molar-refractivity contribution in [3.63, 3.8) is 0 Å². The fourth-order valence-corrected chi connectivity index (χ4v) is 4.08. The van der Waals surface area contributed by atoms with Gasteiger partial charge in [-0.3, -0.25) is 0 Å². The minimum Gasteiger partial charge on any atom is -0.494 e. The minimum atomic E-state index is 0.570. The Kier molecular flexibility index (Phi) is 6.56.